The zero-order valence-corrected chi connectivity index (χ0v) is 15.2. The lowest BCUT2D eigenvalue weighted by molar-refractivity contribution is -0.139. The Hall–Kier alpha value is -2.89. The van der Waals surface area contributed by atoms with Gasteiger partial charge in [0, 0.05) is 20.2 Å². The van der Waals surface area contributed by atoms with E-state index in [4.69, 9.17) is 24.2 Å². The third-order valence-corrected chi connectivity index (χ3v) is 3.78. The van der Waals surface area contributed by atoms with Gasteiger partial charge in [-0.2, -0.15) is 5.26 Å². The second-order valence-electron chi connectivity index (χ2n) is 5.65. The van der Waals surface area contributed by atoms with Crippen molar-refractivity contribution >= 4 is 18.0 Å². The van der Waals surface area contributed by atoms with Crippen molar-refractivity contribution in [3.8, 4) is 11.8 Å². The van der Waals surface area contributed by atoms with Crippen LogP contribution in [0.25, 0.3) is 6.08 Å². The molecule has 8 nitrogen and oxygen atoms in total. The topological polar surface area (TPSA) is 98.1 Å². The first-order valence-electron chi connectivity index (χ1n) is 8.50. The van der Waals surface area contributed by atoms with Crippen LogP contribution in [0.3, 0.4) is 0 Å². The van der Waals surface area contributed by atoms with E-state index >= 15 is 0 Å². The van der Waals surface area contributed by atoms with E-state index in [1.165, 1.54) is 13.2 Å². The normalized spacial score (nSPS) is 14.4. The molecule has 1 heterocycles. The molecule has 1 amide bonds. The van der Waals surface area contributed by atoms with Gasteiger partial charge in [-0.15, -0.1) is 0 Å². The molecule has 0 N–H and O–H groups in total. The molecule has 8 heteroatoms. The van der Waals surface area contributed by atoms with Gasteiger partial charge in [0.2, 0.25) is 0 Å². The summed E-state index contributed by atoms with van der Waals surface area (Å²) in [6.45, 7) is 2.53. The third-order valence-electron chi connectivity index (χ3n) is 3.78. The van der Waals surface area contributed by atoms with Gasteiger partial charge in [0.05, 0.1) is 19.8 Å². The first-order valence-corrected chi connectivity index (χ1v) is 8.50. The van der Waals surface area contributed by atoms with Gasteiger partial charge < -0.3 is 23.8 Å². The fourth-order valence-corrected chi connectivity index (χ4v) is 2.31. The second-order valence-corrected chi connectivity index (χ2v) is 5.65. The predicted octanol–water partition coefficient (Wildman–Crippen LogP) is 1.02. The summed E-state index contributed by atoms with van der Waals surface area (Å²) in [7, 11) is 1.49. The van der Waals surface area contributed by atoms with Crippen LogP contribution in [-0.4, -0.2) is 70.0 Å². The van der Waals surface area contributed by atoms with Crippen molar-refractivity contribution in [2.24, 2.45) is 0 Å². The maximum atomic E-state index is 12.0. The lowest BCUT2D eigenvalue weighted by atomic mass is 10.1. The summed E-state index contributed by atoms with van der Waals surface area (Å²) < 4.78 is 20.4. The van der Waals surface area contributed by atoms with Crippen molar-refractivity contribution in [2.75, 3.05) is 53.2 Å². The Morgan fingerprint density at radius 3 is 2.56 bits per heavy atom. The largest absolute Gasteiger partial charge is 0.484 e. The Balaban J connectivity index is 1.88. The summed E-state index contributed by atoms with van der Waals surface area (Å²) in [5.74, 6) is -0.270. The Kier molecular flexibility index (Phi) is 8.29. The van der Waals surface area contributed by atoms with Crippen molar-refractivity contribution in [1.29, 1.82) is 5.26 Å². The second kappa shape index (κ2) is 11.0. The number of ether oxygens (including phenoxy) is 4. The number of nitrogens with zero attached hydrogens (tertiary/aromatic N) is 2. The van der Waals surface area contributed by atoms with E-state index in [-0.39, 0.29) is 31.3 Å². The molecule has 1 aromatic carbocycles. The van der Waals surface area contributed by atoms with Crippen LogP contribution in [0.15, 0.2) is 29.8 Å². The SMILES string of the molecule is COCCOC(=O)/C(C#N)=C/c1ccc(OCC(=O)N2CCOCC2)cc1. The summed E-state index contributed by atoms with van der Waals surface area (Å²) in [5, 5.41) is 9.11. The highest BCUT2D eigenvalue weighted by Gasteiger charge is 2.17. The van der Waals surface area contributed by atoms with Crippen molar-refractivity contribution in [1.82, 2.24) is 4.90 Å². The molecule has 2 rings (SSSR count). The van der Waals surface area contributed by atoms with Gasteiger partial charge in [-0.05, 0) is 23.8 Å². The predicted molar refractivity (Wildman–Crippen MR) is 95.8 cm³/mol. The van der Waals surface area contributed by atoms with Crippen molar-refractivity contribution in [3.63, 3.8) is 0 Å². The molecular formula is C19H22N2O6. The number of hydrogen-bond donors (Lipinski definition) is 0. The number of methoxy groups -OCH3 is 1. The van der Waals surface area contributed by atoms with Crippen molar-refractivity contribution < 1.29 is 28.5 Å². The zero-order valence-electron chi connectivity index (χ0n) is 15.2. The highest BCUT2D eigenvalue weighted by molar-refractivity contribution is 5.97. The van der Waals surface area contributed by atoms with Crippen LogP contribution >= 0.6 is 0 Å². The van der Waals surface area contributed by atoms with Gasteiger partial charge in [0.1, 0.15) is 24.0 Å². The molecule has 27 heavy (non-hydrogen) atoms. The highest BCUT2D eigenvalue weighted by atomic mass is 16.6. The minimum Gasteiger partial charge on any atom is -0.484 e. The van der Waals surface area contributed by atoms with E-state index in [0.29, 0.717) is 37.6 Å². The summed E-state index contributed by atoms with van der Waals surface area (Å²) in [6.07, 6.45) is 1.43. The van der Waals surface area contributed by atoms with Gasteiger partial charge in [0.25, 0.3) is 5.91 Å². The molecule has 1 saturated heterocycles. The summed E-state index contributed by atoms with van der Waals surface area (Å²) in [6, 6.07) is 8.54. The minimum absolute atomic E-state index is 0.0511. The van der Waals surface area contributed by atoms with E-state index in [0.717, 1.165) is 0 Å². The molecular weight excluding hydrogens is 352 g/mol. The molecule has 0 aromatic heterocycles. The fourth-order valence-electron chi connectivity index (χ4n) is 2.31. The Morgan fingerprint density at radius 1 is 1.22 bits per heavy atom. The number of esters is 1. The third kappa shape index (κ3) is 6.73. The summed E-state index contributed by atoms with van der Waals surface area (Å²) in [4.78, 5) is 25.6. The number of amides is 1. The van der Waals surface area contributed by atoms with Crippen LogP contribution in [0.5, 0.6) is 5.75 Å². The summed E-state index contributed by atoms with van der Waals surface area (Å²) in [5.41, 5.74) is 0.532. The van der Waals surface area contributed by atoms with E-state index in [9.17, 15) is 9.59 Å². The number of benzene rings is 1. The molecule has 1 aliphatic heterocycles. The molecule has 0 atom stereocenters. The molecule has 0 spiro atoms. The van der Waals surface area contributed by atoms with Crippen LogP contribution in [0.4, 0.5) is 0 Å². The first-order chi connectivity index (χ1) is 13.1. The first kappa shape index (κ1) is 20.4. The summed E-state index contributed by atoms with van der Waals surface area (Å²) >= 11 is 0. The van der Waals surface area contributed by atoms with Gasteiger partial charge in [-0.1, -0.05) is 12.1 Å². The van der Waals surface area contributed by atoms with Crippen molar-refractivity contribution in [3.05, 3.63) is 35.4 Å². The molecule has 1 fully saturated rings. The Bertz CT molecular complexity index is 702. The van der Waals surface area contributed by atoms with E-state index in [2.05, 4.69) is 0 Å². The Morgan fingerprint density at radius 2 is 1.93 bits per heavy atom. The number of carbonyl (C=O) groups is 2. The van der Waals surface area contributed by atoms with E-state index in [1.54, 1.807) is 29.2 Å². The lowest BCUT2D eigenvalue weighted by Crippen LogP contribution is -2.42. The highest BCUT2D eigenvalue weighted by Crippen LogP contribution is 2.15. The number of morpholine rings is 1. The minimum atomic E-state index is -0.703. The molecule has 1 aliphatic rings. The van der Waals surface area contributed by atoms with Crippen LogP contribution in [0.1, 0.15) is 5.56 Å². The maximum absolute atomic E-state index is 12.0. The molecule has 144 valence electrons. The van der Waals surface area contributed by atoms with Crippen LogP contribution < -0.4 is 4.74 Å². The van der Waals surface area contributed by atoms with E-state index < -0.39 is 5.97 Å². The van der Waals surface area contributed by atoms with Gasteiger partial charge in [-0.25, -0.2) is 4.79 Å². The molecule has 0 bridgehead atoms. The smallest absolute Gasteiger partial charge is 0.348 e. The number of carbonyl (C=O) groups excluding carboxylic acids is 2. The van der Waals surface area contributed by atoms with Crippen LogP contribution in [-0.2, 0) is 23.8 Å². The van der Waals surface area contributed by atoms with Gasteiger partial charge >= 0.3 is 5.97 Å². The van der Waals surface area contributed by atoms with Crippen LogP contribution in [0.2, 0.25) is 0 Å². The molecule has 0 aliphatic carbocycles. The van der Waals surface area contributed by atoms with Crippen LogP contribution in [0, 0.1) is 11.3 Å². The lowest BCUT2D eigenvalue weighted by Gasteiger charge is -2.26. The quantitative estimate of drug-likeness (QED) is 0.290. The average Bonchev–Trinajstić information content (AvgIpc) is 2.71. The molecule has 0 unspecified atom stereocenters. The standard InChI is InChI=1S/C19H22N2O6/c1-24-10-11-26-19(23)16(13-20)12-15-2-4-17(5-3-15)27-14-18(22)21-6-8-25-9-7-21/h2-5,12H,6-11,14H2,1H3/b16-12+. The zero-order chi connectivity index (χ0) is 19.5. The average molecular weight is 374 g/mol. The number of nitriles is 1. The van der Waals surface area contributed by atoms with E-state index in [1.807, 2.05) is 6.07 Å². The molecule has 1 aromatic rings. The van der Waals surface area contributed by atoms with Gasteiger partial charge in [0.15, 0.2) is 6.61 Å². The number of rotatable bonds is 8. The number of hydrogen-bond acceptors (Lipinski definition) is 7. The Labute approximate surface area is 157 Å². The molecule has 0 radical (unpaired) electrons. The van der Waals surface area contributed by atoms with Gasteiger partial charge in [-0.3, -0.25) is 4.79 Å². The van der Waals surface area contributed by atoms with Crippen molar-refractivity contribution in [2.45, 2.75) is 0 Å². The fraction of sp³-hybridized carbons (Fsp3) is 0.421. The molecule has 0 saturated carbocycles. The maximum Gasteiger partial charge on any atom is 0.348 e. The monoisotopic (exact) mass is 374 g/mol.